The van der Waals surface area contributed by atoms with E-state index >= 15 is 0 Å². The molecule has 0 bridgehead atoms. The fourth-order valence-corrected chi connectivity index (χ4v) is 3.81. The Morgan fingerprint density at radius 1 is 1.30 bits per heavy atom. The third-order valence-electron chi connectivity index (χ3n) is 3.06. The standard InChI is InChI=1S/C15H15Cl2N3O5S2/c1-4-10-13(20-27(3,23)24)18-15(26-10)19-14(22)8-5-6-9(16)11(17)12(8)25-7(2)21/h5-6,20H,4H2,1-3H3,(H,18,19,22). The first-order chi connectivity index (χ1) is 12.5. The highest BCUT2D eigenvalue weighted by Crippen LogP contribution is 2.36. The molecule has 0 fully saturated rings. The van der Waals surface area contributed by atoms with E-state index in [1.54, 1.807) is 0 Å². The Morgan fingerprint density at radius 2 is 1.96 bits per heavy atom. The van der Waals surface area contributed by atoms with Gasteiger partial charge in [0.1, 0.15) is 5.02 Å². The van der Waals surface area contributed by atoms with E-state index in [0.717, 1.165) is 24.5 Å². The highest BCUT2D eigenvalue weighted by atomic mass is 35.5. The number of carbonyl (C=O) groups is 2. The first-order valence-corrected chi connectivity index (χ1v) is 10.9. The quantitative estimate of drug-likeness (QED) is 0.512. The molecule has 0 saturated heterocycles. The lowest BCUT2D eigenvalue weighted by molar-refractivity contribution is -0.131. The van der Waals surface area contributed by atoms with Gasteiger partial charge < -0.3 is 4.74 Å². The lowest BCUT2D eigenvalue weighted by atomic mass is 10.2. The van der Waals surface area contributed by atoms with Gasteiger partial charge in [-0.1, -0.05) is 41.5 Å². The summed E-state index contributed by atoms with van der Waals surface area (Å²) in [7, 11) is -3.52. The molecule has 0 spiro atoms. The summed E-state index contributed by atoms with van der Waals surface area (Å²) in [6.07, 6.45) is 1.52. The fraction of sp³-hybridized carbons (Fsp3) is 0.267. The minimum absolute atomic E-state index is 0.0227. The smallest absolute Gasteiger partial charge is 0.308 e. The van der Waals surface area contributed by atoms with Crippen LogP contribution in [0.2, 0.25) is 10.0 Å². The number of hydrogen-bond donors (Lipinski definition) is 2. The molecule has 27 heavy (non-hydrogen) atoms. The Hall–Kier alpha value is -1.88. The van der Waals surface area contributed by atoms with Gasteiger partial charge in [-0.05, 0) is 18.6 Å². The maximum Gasteiger partial charge on any atom is 0.308 e. The molecule has 0 atom stereocenters. The van der Waals surface area contributed by atoms with E-state index < -0.39 is 21.9 Å². The van der Waals surface area contributed by atoms with Crippen molar-refractivity contribution >= 4 is 67.4 Å². The third-order valence-corrected chi connectivity index (χ3v) is 5.53. The van der Waals surface area contributed by atoms with Gasteiger partial charge in [0.2, 0.25) is 10.0 Å². The molecule has 0 unspecified atom stereocenters. The molecule has 0 radical (unpaired) electrons. The zero-order chi connectivity index (χ0) is 20.4. The van der Waals surface area contributed by atoms with Crippen molar-refractivity contribution in [1.29, 1.82) is 0 Å². The Balaban J connectivity index is 2.35. The number of anilines is 2. The van der Waals surface area contributed by atoms with Crippen LogP contribution in [0.3, 0.4) is 0 Å². The predicted molar refractivity (Wildman–Crippen MR) is 106 cm³/mol. The molecule has 2 N–H and O–H groups in total. The van der Waals surface area contributed by atoms with Gasteiger partial charge in [-0.3, -0.25) is 19.6 Å². The topological polar surface area (TPSA) is 114 Å². The number of thiazole rings is 1. The van der Waals surface area contributed by atoms with E-state index in [9.17, 15) is 18.0 Å². The number of hydrogen-bond acceptors (Lipinski definition) is 7. The van der Waals surface area contributed by atoms with Gasteiger partial charge in [-0.25, -0.2) is 13.4 Å². The van der Waals surface area contributed by atoms with Crippen LogP contribution in [-0.2, 0) is 21.2 Å². The number of rotatable bonds is 6. The largest absolute Gasteiger partial charge is 0.424 e. The summed E-state index contributed by atoms with van der Waals surface area (Å²) in [6.45, 7) is 2.99. The van der Waals surface area contributed by atoms with Gasteiger partial charge in [0, 0.05) is 6.92 Å². The summed E-state index contributed by atoms with van der Waals surface area (Å²) < 4.78 is 30.2. The maximum absolute atomic E-state index is 12.6. The molecule has 1 amide bonds. The summed E-state index contributed by atoms with van der Waals surface area (Å²) >= 11 is 13.1. The van der Waals surface area contributed by atoms with Crippen LogP contribution in [0.15, 0.2) is 12.1 Å². The van der Waals surface area contributed by atoms with E-state index in [-0.39, 0.29) is 32.3 Å². The molecule has 1 aromatic carbocycles. The van der Waals surface area contributed by atoms with Crippen molar-refractivity contribution in [3.8, 4) is 5.75 Å². The van der Waals surface area contributed by atoms with Crippen molar-refractivity contribution in [2.75, 3.05) is 16.3 Å². The molecule has 2 aromatic rings. The number of aromatic nitrogens is 1. The summed E-state index contributed by atoms with van der Waals surface area (Å²) in [4.78, 5) is 28.6. The number of sulfonamides is 1. The maximum atomic E-state index is 12.6. The van der Waals surface area contributed by atoms with Crippen LogP contribution >= 0.6 is 34.5 Å². The molecule has 0 saturated carbocycles. The second-order valence-corrected chi connectivity index (χ2v) is 8.92. The normalized spacial score (nSPS) is 11.1. The van der Waals surface area contributed by atoms with Gasteiger partial charge in [-0.15, -0.1) is 0 Å². The average Bonchev–Trinajstić information content (AvgIpc) is 2.90. The van der Waals surface area contributed by atoms with Gasteiger partial charge in [0.05, 0.1) is 21.7 Å². The summed E-state index contributed by atoms with van der Waals surface area (Å²) in [5, 5.41) is 2.75. The highest BCUT2D eigenvalue weighted by molar-refractivity contribution is 7.92. The van der Waals surface area contributed by atoms with Crippen LogP contribution in [0.1, 0.15) is 29.1 Å². The van der Waals surface area contributed by atoms with Crippen molar-refractivity contribution in [2.45, 2.75) is 20.3 Å². The summed E-state index contributed by atoms with van der Waals surface area (Å²) in [5.41, 5.74) is -0.0227. The Bertz CT molecular complexity index is 1010. The second-order valence-electron chi connectivity index (χ2n) is 5.30. The minimum atomic E-state index is -3.52. The molecule has 1 heterocycles. The first kappa shape index (κ1) is 21.4. The SMILES string of the molecule is CCc1sc(NC(=O)c2ccc(Cl)c(Cl)c2OC(C)=O)nc1NS(C)(=O)=O. The fourth-order valence-electron chi connectivity index (χ4n) is 2.02. The molecule has 0 aliphatic carbocycles. The van der Waals surface area contributed by atoms with E-state index in [4.69, 9.17) is 27.9 Å². The van der Waals surface area contributed by atoms with E-state index in [2.05, 4.69) is 15.0 Å². The van der Waals surface area contributed by atoms with Crippen molar-refractivity contribution < 1.29 is 22.7 Å². The van der Waals surface area contributed by atoms with Crippen molar-refractivity contribution in [3.05, 3.63) is 32.6 Å². The molecule has 8 nitrogen and oxygen atoms in total. The molecule has 12 heteroatoms. The number of aryl methyl sites for hydroxylation is 1. The monoisotopic (exact) mass is 451 g/mol. The third kappa shape index (κ3) is 5.55. The van der Waals surface area contributed by atoms with Crippen LogP contribution < -0.4 is 14.8 Å². The van der Waals surface area contributed by atoms with Gasteiger partial charge in [0.25, 0.3) is 5.91 Å². The van der Waals surface area contributed by atoms with Crippen LogP contribution in [-0.4, -0.2) is 31.5 Å². The number of esters is 1. The van der Waals surface area contributed by atoms with E-state index in [1.807, 2.05) is 6.92 Å². The lowest BCUT2D eigenvalue weighted by Gasteiger charge is -2.11. The van der Waals surface area contributed by atoms with Crippen molar-refractivity contribution in [2.24, 2.45) is 0 Å². The van der Waals surface area contributed by atoms with E-state index in [1.165, 1.54) is 12.1 Å². The first-order valence-electron chi connectivity index (χ1n) is 7.47. The minimum Gasteiger partial charge on any atom is -0.424 e. The summed E-state index contributed by atoms with van der Waals surface area (Å²) in [6, 6.07) is 2.74. The molecule has 2 rings (SSSR count). The highest BCUT2D eigenvalue weighted by Gasteiger charge is 2.22. The number of benzene rings is 1. The van der Waals surface area contributed by atoms with Gasteiger partial charge >= 0.3 is 5.97 Å². The van der Waals surface area contributed by atoms with Gasteiger partial charge in [0.15, 0.2) is 16.7 Å². The van der Waals surface area contributed by atoms with Crippen molar-refractivity contribution in [3.63, 3.8) is 0 Å². The molecule has 0 aliphatic rings. The molecule has 146 valence electrons. The molecule has 1 aromatic heterocycles. The lowest BCUT2D eigenvalue weighted by Crippen LogP contribution is -2.15. The Kier molecular flexibility index (Phi) is 6.68. The van der Waals surface area contributed by atoms with E-state index in [0.29, 0.717) is 11.3 Å². The molecule has 0 aliphatic heterocycles. The number of ether oxygens (including phenoxy) is 1. The number of nitrogens with one attached hydrogen (secondary N) is 2. The predicted octanol–water partition coefficient (Wildman–Crippen LogP) is 3.56. The molecular weight excluding hydrogens is 437 g/mol. The number of nitrogens with zero attached hydrogens (tertiary/aromatic N) is 1. The molecular formula is C15H15Cl2N3O5S2. The number of halogens is 2. The average molecular weight is 452 g/mol. The Morgan fingerprint density at radius 3 is 2.52 bits per heavy atom. The van der Waals surface area contributed by atoms with Crippen molar-refractivity contribution in [1.82, 2.24) is 4.98 Å². The van der Waals surface area contributed by atoms with Gasteiger partial charge in [-0.2, -0.15) is 0 Å². The number of carbonyl (C=O) groups excluding carboxylic acids is 2. The zero-order valence-electron chi connectivity index (χ0n) is 14.4. The van der Waals surface area contributed by atoms with Crippen LogP contribution in [0.25, 0.3) is 0 Å². The van der Waals surface area contributed by atoms with Crippen LogP contribution in [0.4, 0.5) is 10.9 Å². The number of amides is 1. The van der Waals surface area contributed by atoms with Crippen LogP contribution in [0.5, 0.6) is 5.75 Å². The Labute approximate surface area is 169 Å². The zero-order valence-corrected chi connectivity index (χ0v) is 17.6. The van der Waals surface area contributed by atoms with Crippen LogP contribution in [0, 0.1) is 0 Å². The second kappa shape index (κ2) is 8.42. The summed E-state index contributed by atoms with van der Waals surface area (Å²) in [5.74, 6) is -1.34.